The predicted octanol–water partition coefficient (Wildman–Crippen LogP) is 1.74. The Hall–Kier alpha value is -1.52. The van der Waals surface area contributed by atoms with Crippen LogP contribution in [0.1, 0.15) is 18.4 Å². The number of carbonyl (C=O) groups is 1. The number of carbonyl (C=O) groups excluding carboxylic acids is 1. The number of halogens is 2. The van der Waals surface area contributed by atoms with Crippen LogP contribution in [0.4, 0.5) is 8.78 Å². The summed E-state index contributed by atoms with van der Waals surface area (Å²) < 4.78 is 25.0. The zero-order chi connectivity index (χ0) is 11.6. The summed E-state index contributed by atoms with van der Waals surface area (Å²) in [6.07, 6.45) is 2.60. The summed E-state index contributed by atoms with van der Waals surface area (Å²) in [6, 6.07) is 3.55. The molecule has 0 radical (unpaired) electrons. The fraction of sp³-hybridized carbons (Fsp3) is 0.455. The quantitative estimate of drug-likeness (QED) is 0.853. The van der Waals surface area contributed by atoms with Crippen LogP contribution in [0.5, 0.6) is 0 Å². The zero-order valence-electron chi connectivity index (χ0n) is 8.62. The van der Waals surface area contributed by atoms with Crippen molar-refractivity contribution in [3.8, 4) is 0 Å². The predicted molar refractivity (Wildman–Crippen MR) is 53.8 cm³/mol. The summed E-state index contributed by atoms with van der Waals surface area (Å²) in [5.41, 5.74) is 0.912. The Morgan fingerprint density at radius 2 is 2.06 bits per heavy atom. The summed E-state index contributed by atoms with van der Waals surface area (Å²) in [7, 11) is 0. The van der Waals surface area contributed by atoms with Gasteiger partial charge in [0.1, 0.15) is 0 Å². The summed E-state index contributed by atoms with van der Waals surface area (Å²) in [6.45, 7) is 0.365. The fourth-order valence-corrected chi connectivity index (χ4v) is 1.68. The largest absolute Gasteiger partial charge is 0.352 e. The van der Waals surface area contributed by atoms with E-state index in [0.717, 1.165) is 5.56 Å². The van der Waals surface area contributed by atoms with Gasteiger partial charge < -0.3 is 5.32 Å². The molecule has 1 aliphatic carbocycles. The summed E-state index contributed by atoms with van der Waals surface area (Å²) in [5.74, 6) is -3.46. The first-order valence-corrected chi connectivity index (χ1v) is 5.11. The molecule has 1 heterocycles. The molecular weight excluding hydrogens is 214 g/mol. The molecule has 16 heavy (non-hydrogen) atoms. The van der Waals surface area contributed by atoms with Crippen molar-refractivity contribution in [1.29, 1.82) is 0 Å². The molecule has 0 atom stereocenters. The molecular formula is C11H12F2N2O. The number of alkyl halides is 2. The molecule has 1 saturated carbocycles. The Morgan fingerprint density at radius 1 is 1.44 bits per heavy atom. The van der Waals surface area contributed by atoms with Crippen molar-refractivity contribution in [2.75, 3.05) is 0 Å². The van der Waals surface area contributed by atoms with Gasteiger partial charge in [-0.25, -0.2) is 8.78 Å². The molecule has 86 valence electrons. The molecule has 0 aromatic carbocycles. The van der Waals surface area contributed by atoms with Gasteiger partial charge in [0, 0.05) is 37.7 Å². The van der Waals surface area contributed by atoms with Gasteiger partial charge in [0.2, 0.25) is 11.8 Å². The molecule has 0 saturated heterocycles. The number of rotatable bonds is 3. The minimum Gasteiger partial charge on any atom is -0.352 e. The first-order valence-electron chi connectivity index (χ1n) is 5.11. The number of aromatic nitrogens is 1. The average Bonchev–Trinajstić information content (AvgIpc) is 2.24. The highest BCUT2D eigenvalue weighted by Gasteiger charge is 2.48. The third-order valence-electron chi connectivity index (χ3n) is 2.68. The van der Waals surface area contributed by atoms with Crippen LogP contribution in [0.25, 0.3) is 0 Å². The Balaban J connectivity index is 1.77. The van der Waals surface area contributed by atoms with E-state index in [0.29, 0.717) is 6.54 Å². The van der Waals surface area contributed by atoms with Crippen LogP contribution in [0.2, 0.25) is 0 Å². The smallest absolute Gasteiger partial charge is 0.249 e. The lowest BCUT2D eigenvalue weighted by molar-refractivity contribution is -0.150. The van der Waals surface area contributed by atoms with E-state index in [2.05, 4.69) is 10.3 Å². The summed E-state index contributed by atoms with van der Waals surface area (Å²) in [4.78, 5) is 15.3. The third kappa shape index (κ3) is 2.53. The van der Waals surface area contributed by atoms with E-state index in [1.807, 2.05) is 0 Å². The van der Waals surface area contributed by atoms with Gasteiger partial charge >= 0.3 is 0 Å². The molecule has 0 unspecified atom stereocenters. The maximum atomic E-state index is 12.5. The first-order chi connectivity index (χ1) is 7.57. The molecule has 0 spiro atoms. The second-order valence-electron chi connectivity index (χ2n) is 4.03. The van der Waals surface area contributed by atoms with Crippen LogP contribution in [-0.4, -0.2) is 16.8 Å². The van der Waals surface area contributed by atoms with Crippen molar-refractivity contribution >= 4 is 5.91 Å². The van der Waals surface area contributed by atoms with Crippen LogP contribution >= 0.6 is 0 Å². The molecule has 1 aromatic heterocycles. The van der Waals surface area contributed by atoms with Crippen LogP contribution < -0.4 is 5.32 Å². The standard InChI is InChI=1S/C11H12F2N2O/c12-11(13)5-9(6-11)10(16)15-7-8-1-3-14-4-2-8/h1-4,9H,5-7H2,(H,15,16). The van der Waals surface area contributed by atoms with Gasteiger partial charge in [-0.1, -0.05) is 0 Å². The van der Waals surface area contributed by atoms with Crippen molar-refractivity contribution in [3.05, 3.63) is 30.1 Å². The monoisotopic (exact) mass is 226 g/mol. The lowest BCUT2D eigenvalue weighted by Gasteiger charge is -2.33. The highest BCUT2D eigenvalue weighted by atomic mass is 19.3. The normalized spacial score (nSPS) is 18.9. The number of hydrogen-bond donors (Lipinski definition) is 1. The van der Waals surface area contributed by atoms with Gasteiger partial charge in [0.05, 0.1) is 0 Å². The number of nitrogens with one attached hydrogen (secondary N) is 1. The van der Waals surface area contributed by atoms with Crippen LogP contribution in [0, 0.1) is 5.92 Å². The van der Waals surface area contributed by atoms with E-state index < -0.39 is 11.8 Å². The molecule has 0 bridgehead atoms. The number of hydrogen-bond acceptors (Lipinski definition) is 2. The third-order valence-corrected chi connectivity index (χ3v) is 2.68. The van der Waals surface area contributed by atoms with Crippen molar-refractivity contribution < 1.29 is 13.6 Å². The highest BCUT2D eigenvalue weighted by molar-refractivity contribution is 5.79. The van der Waals surface area contributed by atoms with Crippen LogP contribution in [0.15, 0.2) is 24.5 Å². The lowest BCUT2D eigenvalue weighted by Crippen LogP contribution is -2.44. The molecule has 2 rings (SSSR count). The molecule has 0 aliphatic heterocycles. The van der Waals surface area contributed by atoms with Gasteiger partial charge in [-0.3, -0.25) is 9.78 Å². The van der Waals surface area contributed by atoms with E-state index in [9.17, 15) is 13.6 Å². The second-order valence-corrected chi connectivity index (χ2v) is 4.03. The van der Waals surface area contributed by atoms with Crippen LogP contribution in [-0.2, 0) is 11.3 Å². The Morgan fingerprint density at radius 3 is 2.62 bits per heavy atom. The molecule has 1 fully saturated rings. The SMILES string of the molecule is O=C(NCc1ccncc1)C1CC(F)(F)C1. The molecule has 5 heteroatoms. The number of pyridine rings is 1. The number of amides is 1. The molecule has 3 nitrogen and oxygen atoms in total. The Bertz CT molecular complexity index is 373. The van der Waals surface area contributed by atoms with Crippen LogP contribution in [0.3, 0.4) is 0 Å². The van der Waals surface area contributed by atoms with Gasteiger partial charge in [-0.15, -0.1) is 0 Å². The minimum absolute atomic E-state index is 0.289. The Labute approximate surface area is 91.9 Å². The van der Waals surface area contributed by atoms with E-state index in [1.54, 1.807) is 24.5 Å². The second kappa shape index (κ2) is 4.15. The number of nitrogens with zero attached hydrogens (tertiary/aromatic N) is 1. The molecule has 1 N–H and O–H groups in total. The highest BCUT2D eigenvalue weighted by Crippen LogP contribution is 2.42. The van der Waals surface area contributed by atoms with E-state index in [1.165, 1.54) is 0 Å². The van der Waals surface area contributed by atoms with Crippen molar-refractivity contribution in [2.45, 2.75) is 25.3 Å². The van der Waals surface area contributed by atoms with Gasteiger partial charge in [-0.2, -0.15) is 0 Å². The van der Waals surface area contributed by atoms with Crippen molar-refractivity contribution in [2.24, 2.45) is 5.92 Å². The van der Waals surface area contributed by atoms with Crippen molar-refractivity contribution in [1.82, 2.24) is 10.3 Å². The maximum Gasteiger partial charge on any atom is 0.249 e. The average molecular weight is 226 g/mol. The first kappa shape index (κ1) is 11.0. The molecule has 1 amide bonds. The molecule has 1 aliphatic rings. The van der Waals surface area contributed by atoms with E-state index in [4.69, 9.17) is 0 Å². The summed E-state index contributed by atoms with van der Waals surface area (Å²) >= 11 is 0. The van der Waals surface area contributed by atoms with E-state index >= 15 is 0 Å². The summed E-state index contributed by atoms with van der Waals surface area (Å²) in [5, 5.41) is 2.64. The zero-order valence-corrected chi connectivity index (χ0v) is 8.62. The van der Waals surface area contributed by atoms with E-state index in [-0.39, 0.29) is 18.7 Å². The minimum atomic E-state index is -2.64. The van der Waals surface area contributed by atoms with Crippen molar-refractivity contribution in [3.63, 3.8) is 0 Å². The van der Waals surface area contributed by atoms with Gasteiger partial charge in [0.15, 0.2) is 0 Å². The topological polar surface area (TPSA) is 42.0 Å². The Kier molecular flexibility index (Phi) is 2.85. The van der Waals surface area contributed by atoms with Gasteiger partial charge in [-0.05, 0) is 17.7 Å². The molecule has 1 aromatic rings. The fourth-order valence-electron chi connectivity index (χ4n) is 1.68. The van der Waals surface area contributed by atoms with Gasteiger partial charge in [0.25, 0.3) is 0 Å². The lowest BCUT2D eigenvalue weighted by atomic mass is 9.81. The maximum absolute atomic E-state index is 12.5.